The van der Waals surface area contributed by atoms with Gasteiger partial charge in [-0.15, -0.1) is 0 Å². The van der Waals surface area contributed by atoms with Gasteiger partial charge < -0.3 is 14.7 Å². The summed E-state index contributed by atoms with van der Waals surface area (Å²) in [4.78, 5) is 25.1. The lowest BCUT2D eigenvalue weighted by Gasteiger charge is -2.24. The molecule has 1 saturated heterocycles. The summed E-state index contributed by atoms with van der Waals surface area (Å²) in [5.41, 5.74) is 0. The van der Waals surface area contributed by atoms with Crippen LogP contribution >= 0.6 is 0 Å². The third-order valence-electron chi connectivity index (χ3n) is 4.71. The Balaban J connectivity index is 1.66. The molecule has 1 amide bonds. The molecular weight excluding hydrogens is 308 g/mol. The van der Waals surface area contributed by atoms with Gasteiger partial charge in [-0.1, -0.05) is 6.42 Å². The number of hydrogen-bond donors (Lipinski definition) is 1. The van der Waals surface area contributed by atoms with Gasteiger partial charge in [0.25, 0.3) is 5.91 Å². The first kappa shape index (κ1) is 15.7. The molecule has 124 valence electrons. The number of carboxylic acids is 1. The number of rotatable bonds is 4. The quantitative estimate of drug-likeness (QED) is 0.920. The zero-order chi connectivity index (χ0) is 16.6. The van der Waals surface area contributed by atoms with E-state index in [9.17, 15) is 23.5 Å². The molecule has 2 aliphatic rings. The predicted octanol–water partition coefficient (Wildman–Crippen LogP) is 2.06. The molecule has 7 heteroatoms. The number of carbonyl (C=O) groups excluding carboxylic acids is 1. The van der Waals surface area contributed by atoms with Gasteiger partial charge in [-0.05, 0) is 36.8 Å². The summed E-state index contributed by atoms with van der Waals surface area (Å²) in [5, 5.41) is 9.40. The molecule has 1 saturated carbocycles. The van der Waals surface area contributed by atoms with Crippen molar-refractivity contribution in [1.29, 1.82) is 0 Å². The van der Waals surface area contributed by atoms with Gasteiger partial charge in [-0.2, -0.15) is 0 Å². The van der Waals surface area contributed by atoms with Crippen LogP contribution in [-0.2, 0) is 9.59 Å². The van der Waals surface area contributed by atoms with Crippen molar-refractivity contribution in [1.82, 2.24) is 4.90 Å². The lowest BCUT2D eigenvalue weighted by Crippen LogP contribution is -2.45. The number of nitrogens with zero attached hydrogens (tertiary/aromatic N) is 1. The molecule has 3 unspecified atom stereocenters. The standard InChI is InChI=1S/C16H17F2NO4/c17-10-4-5-13(12(18)6-10)23-8-14(20)19-7-9-2-1-3-11(9)15(19)16(21)22/h4-6,9,11,15H,1-3,7-8H2,(H,21,22). The van der Waals surface area contributed by atoms with Crippen molar-refractivity contribution in [3.8, 4) is 5.75 Å². The fourth-order valence-electron chi connectivity index (χ4n) is 3.69. The number of aliphatic carboxylic acids is 1. The zero-order valence-corrected chi connectivity index (χ0v) is 12.4. The molecule has 23 heavy (non-hydrogen) atoms. The maximum absolute atomic E-state index is 13.5. The van der Waals surface area contributed by atoms with Crippen LogP contribution < -0.4 is 4.74 Å². The van der Waals surface area contributed by atoms with E-state index < -0.39 is 36.2 Å². The van der Waals surface area contributed by atoms with Gasteiger partial charge in [0.15, 0.2) is 18.2 Å². The molecule has 5 nitrogen and oxygen atoms in total. The number of ether oxygens (including phenoxy) is 1. The minimum Gasteiger partial charge on any atom is -0.481 e. The Morgan fingerprint density at radius 2 is 2.09 bits per heavy atom. The molecular formula is C16H17F2NO4. The van der Waals surface area contributed by atoms with Gasteiger partial charge in [0.2, 0.25) is 0 Å². The molecule has 3 rings (SSSR count). The van der Waals surface area contributed by atoms with Crippen LogP contribution in [-0.4, -0.2) is 41.1 Å². The molecule has 0 spiro atoms. The number of benzene rings is 1. The zero-order valence-electron chi connectivity index (χ0n) is 12.4. The number of hydrogen-bond acceptors (Lipinski definition) is 3. The highest BCUT2D eigenvalue weighted by molar-refractivity contribution is 5.85. The van der Waals surface area contributed by atoms with Crippen LogP contribution in [0.15, 0.2) is 18.2 Å². The fourth-order valence-corrected chi connectivity index (χ4v) is 3.69. The number of carbonyl (C=O) groups is 2. The molecule has 0 bridgehead atoms. The highest BCUT2D eigenvalue weighted by Gasteiger charge is 2.49. The second-order valence-corrected chi connectivity index (χ2v) is 6.05. The first-order valence-electron chi connectivity index (χ1n) is 7.57. The van der Waals surface area contributed by atoms with Gasteiger partial charge >= 0.3 is 5.97 Å². The molecule has 1 aromatic rings. The normalized spacial score (nSPS) is 26.2. The summed E-state index contributed by atoms with van der Waals surface area (Å²) >= 11 is 0. The smallest absolute Gasteiger partial charge is 0.326 e. The monoisotopic (exact) mass is 325 g/mol. The highest BCUT2D eigenvalue weighted by Crippen LogP contribution is 2.42. The average Bonchev–Trinajstić information content (AvgIpc) is 3.05. The second-order valence-electron chi connectivity index (χ2n) is 6.05. The summed E-state index contributed by atoms with van der Waals surface area (Å²) in [6, 6.07) is 1.96. The van der Waals surface area contributed by atoms with Crippen LogP contribution in [0.5, 0.6) is 5.75 Å². The minimum atomic E-state index is -1.01. The van der Waals surface area contributed by atoms with Crippen LogP contribution in [0, 0.1) is 23.5 Å². The Hall–Kier alpha value is -2.18. The first-order chi connectivity index (χ1) is 11.0. The van der Waals surface area contributed by atoms with E-state index in [1.807, 2.05) is 0 Å². The van der Waals surface area contributed by atoms with Crippen LogP contribution in [0.3, 0.4) is 0 Å². The third kappa shape index (κ3) is 3.00. The van der Waals surface area contributed by atoms with Gasteiger partial charge in [-0.3, -0.25) is 4.79 Å². The summed E-state index contributed by atoms with van der Waals surface area (Å²) < 4.78 is 31.4. The Morgan fingerprint density at radius 3 is 2.78 bits per heavy atom. The SMILES string of the molecule is O=C(O)C1C2CCCC2CN1C(=O)COc1ccc(F)cc1F. The van der Waals surface area contributed by atoms with Crippen molar-refractivity contribution in [3.05, 3.63) is 29.8 Å². The first-order valence-corrected chi connectivity index (χ1v) is 7.57. The number of amides is 1. The third-order valence-corrected chi connectivity index (χ3v) is 4.71. The van der Waals surface area contributed by atoms with E-state index >= 15 is 0 Å². The number of halogens is 2. The van der Waals surface area contributed by atoms with E-state index in [2.05, 4.69) is 0 Å². The number of fused-ring (bicyclic) bond motifs is 1. The van der Waals surface area contributed by atoms with Crippen molar-refractivity contribution in [3.63, 3.8) is 0 Å². The molecule has 1 heterocycles. The summed E-state index contributed by atoms with van der Waals surface area (Å²) in [6.45, 7) is -0.0680. The van der Waals surface area contributed by atoms with Crippen molar-refractivity contribution in [2.24, 2.45) is 11.8 Å². The lowest BCUT2D eigenvalue weighted by molar-refractivity contribution is -0.150. The van der Waals surface area contributed by atoms with Crippen molar-refractivity contribution in [2.75, 3.05) is 13.2 Å². The molecule has 0 radical (unpaired) electrons. The maximum atomic E-state index is 13.5. The van der Waals surface area contributed by atoms with Gasteiger partial charge in [0, 0.05) is 12.6 Å². The van der Waals surface area contributed by atoms with E-state index in [4.69, 9.17) is 4.74 Å². The van der Waals surface area contributed by atoms with E-state index in [1.54, 1.807) is 0 Å². The van der Waals surface area contributed by atoms with Gasteiger partial charge in [0.1, 0.15) is 11.9 Å². The fraction of sp³-hybridized carbons (Fsp3) is 0.500. The molecule has 0 aromatic heterocycles. The molecule has 1 aliphatic carbocycles. The lowest BCUT2D eigenvalue weighted by atomic mass is 9.94. The molecule has 2 fully saturated rings. The highest BCUT2D eigenvalue weighted by atomic mass is 19.1. The van der Waals surface area contributed by atoms with Crippen LogP contribution in [0.2, 0.25) is 0 Å². The largest absolute Gasteiger partial charge is 0.481 e. The van der Waals surface area contributed by atoms with Crippen LogP contribution in [0.4, 0.5) is 8.78 Å². The van der Waals surface area contributed by atoms with Crippen LogP contribution in [0.1, 0.15) is 19.3 Å². The van der Waals surface area contributed by atoms with E-state index in [1.165, 1.54) is 4.90 Å². The average molecular weight is 325 g/mol. The summed E-state index contributed by atoms with van der Waals surface area (Å²) in [5.74, 6) is -3.17. The molecule has 1 aliphatic heterocycles. The topological polar surface area (TPSA) is 66.8 Å². The van der Waals surface area contributed by atoms with E-state index in [-0.39, 0.29) is 17.6 Å². The van der Waals surface area contributed by atoms with Gasteiger partial charge in [0.05, 0.1) is 0 Å². The van der Waals surface area contributed by atoms with Gasteiger partial charge in [-0.25, -0.2) is 13.6 Å². The summed E-state index contributed by atoms with van der Waals surface area (Å²) in [6.07, 6.45) is 2.71. The Kier molecular flexibility index (Phi) is 4.19. The number of likely N-dealkylation sites (tertiary alicyclic amines) is 1. The van der Waals surface area contributed by atoms with Crippen molar-refractivity contribution >= 4 is 11.9 Å². The molecule has 1 N–H and O–H groups in total. The predicted molar refractivity (Wildman–Crippen MR) is 75.8 cm³/mol. The van der Waals surface area contributed by atoms with E-state index in [0.717, 1.165) is 31.4 Å². The van der Waals surface area contributed by atoms with Crippen LogP contribution in [0.25, 0.3) is 0 Å². The Morgan fingerprint density at radius 1 is 1.30 bits per heavy atom. The van der Waals surface area contributed by atoms with Crippen molar-refractivity contribution in [2.45, 2.75) is 25.3 Å². The van der Waals surface area contributed by atoms with E-state index in [0.29, 0.717) is 12.6 Å². The molecule has 3 atom stereocenters. The Bertz CT molecular complexity index is 637. The minimum absolute atomic E-state index is 0.0148. The number of carboxylic acid groups (broad SMARTS) is 1. The maximum Gasteiger partial charge on any atom is 0.326 e. The second kappa shape index (κ2) is 6.14. The Labute approximate surface area is 131 Å². The van der Waals surface area contributed by atoms with Crippen molar-refractivity contribution < 1.29 is 28.2 Å². The summed E-state index contributed by atoms with van der Waals surface area (Å²) in [7, 11) is 0. The molecule has 1 aromatic carbocycles.